The van der Waals surface area contributed by atoms with Crippen LogP contribution in [0.1, 0.15) is 0 Å². The van der Waals surface area contributed by atoms with Gasteiger partial charge in [-0.3, -0.25) is 0 Å². The summed E-state index contributed by atoms with van der Waals surface area (Å²) in [5.74, 6) is 3.03. The third kappa shape index (κ3) is 3.58. The second kappa shape index (κ2) is 7.98. The summed E-state index contributed by atoms with van der Waals surface area (Å²) in [4.78, 5) is 0. The molecule has 0 fully saturated rings. The minimum absolute atomic E-state index is 0.757. The van der Waals surface area contributed by atoms with Crippen LogP contribution < -0.4 is 26.2 Å². The van der Waals surface area contributed by atoms with Crippen LogP contribution in [0, 0.1) is 0 Å². The van der Waals surface area contributed by atoms with Gasteiger partial charge in [0.2, 0.25) is 0 Å². The molecular weight excluding hydrogens is 544 g/mol. The zero-order valence-corrected chi connectivity index (χ0v) is 18.8. The Bertz CT molecular complexity index is 590. The van der Waals surface area contributed by atoms with E-state index >= 15 is 0 Å². The standard InChI is InChI=1S/C16H18Br2O4Te/c1-19-11-7-5-8-12(20-2)15(11)23(17,18)16-13(21-3)9-6-10-14(16)22-4/h5-10H,1-4H3. The average Bonchev–Trinajstić information content (AvgIpc) is 2.59. The van der Waals surface area contributed by atoms with Gasteiger partial charge in [-0.2, -0.15) is 0 Å². The Kier molecular flexibility index (Phi) is 6.49. The maximum absolute atomic E-state index is 5.57. The molecule has 2 rings (SSSR count). The molecule has 0 unspecified atom stereocenters. The molecule has 0 heterocycles. The molecule has 0 aliphatic heterocycles. The Morgan fingerprint density at radius 3 is 1.09 bits per heavy atom. The van der Waals surface area contributed by atoms with Crippen molar-refractivity contribution >= 4 is 46.5 Å². The Morgan fingerprint density at radius 1 is 0.609 bits per heavy atom. The predicted octanol–water partition coefficient (Wildman–Crippen LogP) is 3.07. The van der Waals surface area contributed by atoms with Gasteiger partial charge in [-0.05, 0) is 0 Å². The molecule has 0 bridgehead atoms. The van der Waals surface area contributed by atoms with Crippen molar-refractivity contribution in [1.82, 2.24) is 0 Å². The van der Waals surface area contributed by atoms with E-state index in [1.807, 2.05) is 36.4 Å². The summed E-state index contributed by atoms with van der Waals surface area (Å²) in [6, 6.07) is 11.5. The number of methoxy groups -OCH3 is 4. The number of hydrogen-bond acceptors (Lipinski definition) is 4. The second-order valence-corrected chi connectivity index (χ2v) is 28.3. The average molecular weight is 562 g/mol. The molecule has 4 nitrogen and oxygen atoms in total. The first-order valence-corrected chi connectivity index (χ1v) is 19.4. The summed E-state index contributed by atoms with van der Waals surface area (Å²) >= 11 is 4.66. The van der Waals surface area contributed by atoms with Gasteiger partial charge in [0.1, 0.15) is 0 Å². The van der Waals surface area contributed by atoms with Crippen molar-refractivity contribution in [3.05, 3.63) is 36.4 Å². The van der Waals surface area contributed by atoms with Crippen molar-refractivity contribution in [3.63, 3.8) is 0 Å². The summed E-state index contributed by atoms with van der Waals surface area (Å²) in [5.41, 5.74) is 0. The molecule has 0 saturated heterocycles. The fourth-order valence-corrected chi connectivity index (χ4v) is 16.0. The third-order valence-electron chi connectivity index (χ3n) is 3.28. The van der Waals surface area contributed by atoms with Gasteiger partial charge in [-0.1, -0.05) is 0 Å². The fraction of sp³-hybridized carbons (Fsp3) is 0.250. The molecule has 2 aromatic rings. The summed E-state index contributed by atoms with van der Waals surface area (Å²) in [5, 5.41) is 0. The molecule has 23 heavy (non-hydrogen) atoms. The Morgan fingerprint density at radius 2 is 0.870 bits per heavy atom. The molecule has 0 aliphatic carbocycles. The van der Waals surface area contributed by atoms with Gasteiger partial charge in [-0.25, -0.2) is 0 Å². The van der Waals surface area contributed by atoms with Crippen molar-refractivity contribution in [1.29, 1.82) is 0 Å². The van der Waals surface area contributed by atoms with Crippen molar-refractivity contribution < 1.29 is 18.9 Å². The van der Waals surface area contributed by atoms with E-state index in [2.05, 4.69) is 25.5 Å². The van der Waals surface area contributed by atoms with E-state index in [0.717, 1.165) is 30.2 Å². The first-order chi connectivity index (χ1) is 11.0. The van der Waals surface area contributed by atoms with Crippen LogP contribution in [0.5, 0.6) is 23.0 Å². The number of halogens is 2. The van der Waals surface area contributed by atoms with Crippen LogP contribution in [0.3, 0.4) is 0 Å². The molecule has 7 heteroatoms. The van der Waals surface area contributed by atoms with Gasteiger partial charge in [0.25, 0.3) is 0 Å². The molecule has 126 valence electrons. The number of rotatable bonds is 6. The van der Waals surface area contributed by atoms with E-state index < -0.39 is 13.8 Å². The van der Waals surface area contributed by atoms with Crippen LogP contribution in [-0.4, -0.2) is 42.2 Å². The molecule has 0 amide bonds. The third-order valence-corrected chi connectivity index (χ3v) is 17.2. The molecule has 0 aliphatic rings. The molecule has 0 atom stereocenters. The first-order valence-electron chi connectivity index (χ1n) is 6.65. The molecular formula is C16H18Br2O4Te. The molecule has 0 radical (unpaired) electrons. The van der Waals surface area contributed by atoms with E-state index in [1.54, 1.807) is 28.4 Å². The monoisotopic (exact) mass is 562 g/mol. The first kappa shape index (κ1) is 18.7. The van der Waals surface area contributed by atoms with Crippen LogP contribution in [-0.2, 0) is 0 Å². The summed E-state index contributed by atoms with van der Waals surface area (Å²) in [6.07, 6.45) is 0. The van der Waals surface area contributed by atoms with E-state index in [9.17, 15) is 0 Å². The van der Waals surface area contributed by atoms with Gasteiger partial charge in [0, 0.05) is 0 Å². The van der Waals surface area contributed by atoms with Gasteiger partial charge in [-0.15, -0.1) is 0 Å². The molecule has 2 aromatic carbocycles. The topological polar surface area (TPSA) is 36.9 Å². The van der Waals surface area contributed by atoms with E-state index in [1.165, 1.54) is 0 Å². The van der Waals surface area contributed by atoms with Crippen molar-refractivity contribution in [2.75, 3.05) is 28.4 Å². The number of benzene rings is 2. The Labute approximate surface area is 152 Å². The van der Waals surface area contributed by atoms with Crippen molar-refractivity contribution in [3.8, 4) is 23.0 Å². The maximum atomic E-state index is 5.57. The second-order valence-electron chi connectivity index (χ2n) is 4.45. The molecule has 0 N–H and O–H groups in total. The van der Waals surface area contributed by atoms with Crippen molar-refractivity contribution in [2.45, 2.75) is 0 Å². The van der Waals surface area contributed by atoms with Gasteiger partial charge >= 0.3 is 153 Å². The Balaban J connectivity index is 2.78. The van der Waals surface area contributed by atoms with E-state index in [4.69, 9.17) is 18.9 Å². The van der Waals surface area contributed by atoms with Gasteiger partial charge in [0.05, 0.1) is 0 Å². The predicted molar refractivity (Wildman–Crippen MR) is 102 cm³/mol. The van der Waals surface area contributed by atoms with E-state index in [-0.39, 0.29) is 0 Å². The van der Waals surface area contributed by atoms with Crippen LogP contribution in [0.25, 0.3) is 0 Å². The van der Waals surface area contributed by atoms with Gasteiger partial charge < -0.3 is 0 Å². The van der Waals surface area contributed by atoms with Gasteiger partial charge in [0.15, 0.2) is 0 Å². The van der Waals surface area contributed by atoms with Crippen LogP contribution in [0.4, 0.5) is 0 Å². The summed E-state index contributed by atoms with van der Waals surface area (Å²) in [6.45, 7) is 0. The van der Waals surface area contributed by atoms with Crippen LogP contribution in [0.2, 0.25) is 0 Å². The van der Waals surface area contributed by atoms with Crippen molar-refractivity contribution in [2.24, 2.45) is 0 Å². The molecule has 0 aromatic heterocycles. The summed E-state index contributed by atoms with van der Waals surface area (Å²) < 4.78 is 24.2. The normalized spacial score (nSPS) is 11.7. The molecule has 0 spiro atoms. The SMILES string of the molecule is COc1cccc(OC)c1[Te](Br)(Br)c1c(OC)cccc1OC. The zero-order valence-electron chi connectivity index (χ0n) is 13.3. The number of hydrogen-bond donors (Lipinski definition) is 0. The zero-order chi connectivity index (χ0) is 17.0. The molecule has 0 saturated carbocycles. The minimum atomic E-state index is -3.24. The summed E-state index contributed by atoms with van der Waals surface area (Å²) in [7, 11) is 6.60. The van der Waals surface area contributed by atoms with Crippen LogP contribution in [0.15, 0.2) is 36.4 Å². The van der Waals surface area contributed by atoms with E-state index in [0.29, 0.717) is 0 Å². The quantitative estimate of drug-likeness (QED) is 0.509. The Hall–Kier alpha value is -0.610. The fourth-order valence-electron chi connectivity index (χ4n) is 2.24. The number of ether oxygens (including phenoxy) is 4. The van der Waals surface area contributed by atoms with Crippen LogP contribution >= 0.6 is 25.5 Å².